The minimum atomic E-state index is -1.44. The van der Waals surface area contributed by atoms with Crippen LogP contribution in [0.3, 0.4) is 0 Å². The molecule has 1 atom stereocenters. The van der Waals surface area contributed by atoms with Crippen LogP contribution in [0.25, 0.3) is 0 Å². The predicted octanol–water partition coefficient (Wildman–Crippen LogP) is 2.53. The summed E-state index contributed by atoms with van der Waals surface area (Å²) < 4.78 is 0. The van der Waals surface area contributed by atoms with E-state index in [0.717, 1.165) is 30.6 Å². The second kappa shape index (κ2) is 7.97. The van der Waals surface area contributed by atoms with Crippen molar-refractivity contribution in [1.29, 1.82) is 0 Å². The lowest BCUT2D eigenvalue weighted by Gasteiger charge is -2.23. The summed E-state index contributed by atoms with van der Waals surface area (Å²) in [4.78, 5) is 49.9. The van der Waals surface area contributed by atoms with Gasteiger partial charge in [0.15, 0.2) is 0 Å². The first-order chi connectivity index (χ1) is 13.2. The summed E-state index contributed by atoms with van der Waals surface area (Å²) in [6.45, 7) is 0.913. The van der Waals surface area contributed by atoms with Gasteiger partial charge < -0.3 is 10.6 Å². The van der Waals surface area contributed by atoms with Crippen molar-refractivity contribution >= 4 is 47.1 Å². The Hall–Kier alpha value is -2.32. The Kier molecular flexibility index (Phi) is 5.81. The molecule has 2 aliphatic rings. The van der Waals surface area contributed by atoms with E-state index in [9.17, 15) is 19.2 Å². The van der Waals surface area contributed by atoms with Gasteiger partial charge in [-0.3, -0.25) is 19.8 Å². The number of hydrogen-bond acceptors (Lipinski definition) is 4. The SMILES string of the molecule is C[C@]1(c2ccc(Cl)cc2Cl)NC(=O)N(CC(=O)NC(=O)NC2CCCC2)C1=O. The molecule has 8 nitrogen and oxygen atoms in total. The number of nitrogens with zero attached hydrogens (tertiary/aromatic N) is 1. The van der Waals surface area contributed by atoms with Gasteiger partial charge in [-0.05, 0) is 31.9 Å². The highest BCUT2D eigenvalue weighted by atomic mass is 35.5. The Bertz CT molecular complexity index is 841. The van der Waals surface area contributed by atoms with E-state index < -0.39 is 36.0 Å². The number of urea groups is 2. The van der Waals surface area contributed by atoms with E-state index in [2.05, 4.69) is 16.0 Å². The van der Waals surface area contributed by atoms with Crippen LogP contribution < -0.4 is 16.0 Å². The molecule has 1 aliphatic heterocycles. The maximum Gasteiger partial charge on any atom is 0.325 e. The molecular weight excluding hydrogens is 407 g/mol. The van der Waals surface area contributed by atoms with Crippen LogP contribution in [0.4, 0.5) is 9.59 Å². The van der Waals surface area contributed by atoms with Crippen molar-refractivity contribution in [1.82, 2.24) is 20.9 Å². The number of rotatable bonds is 4. The summed E-state index contributed by atoms with van der Waals surface area (Å²) in [5.74, 6) is -1.40. The lowest BCUT2D eigenvalue weighted by atomic mass is 9.92. The highest BCUT2D eigenvalue weighted by Gasteiger charge is 2.50. The first-order valence-corrected chi connectivity index (χ1v) is 9.66. The third-order valence-corrected chi connectivity index (χ3v) is 5.54. The molecule has 0 spiro atoms. The topological polar surface area (TPSA) is 108 Å². The molecular formula is C18H20Cl2N4O4. The Balaban J connectivity index is 1.66. The molecule has 3 rings (SSSR count). The zero-order chi connectivity index (χ0) is 20.5. The minimum Gasteiger partial charge on any atom is -0.335 e. The van der Waals surface area contributed by atoms with Crippen molar-refractivity contribution in [3.05, 3.63) is 33.8 Å². The van der Waals surface area contributed by atoms with E-state index in [1.54, 1.807) is 12.1 Å². The van der Waals surface area contributed by atoms with Crippen LogP contribution in [0.2, 0.25) is 10.0 Å². The standard InChI is InChI=1S/C18H20Cl2N4O4/c1-18(12-7-6-10(19)8-13(12)20)15(26)24(17(28)23-18)9-14(25)22-16(27)21-11-4-2-3-5-11/h6-8,11H,2-5,9H2,1H3,(H,23,28)(H2,21,22,25,27)/t18-/m1/s1. The number of carbonyl (C=O) groups excluding carboxylic acids is 4. The van der Waals surface area contributed by atoms with Gasteiger partial charge in [0.05, 0.1) is 0 Å². The van der Waals surface area contributed by atoms with Crippen LogP contribution >= 0.6 is 23.2 Å². The monoisotopic (exact) mass is 426 g/mol. The molecule has 1 aromatic carbocycles. The molecule has 0 unspecified atom stereocenters. The minimum absolute atomic E-state index is 0.0415. The molecule has 150 valence electrons. The number of carbonyl (C=O) groups is 4. The molecule has 1 aliphatic carbocycles. The quantitative estimate of drug-likeness (QED) is 0.642. The van der Waals surface area contributed by atoms with Gasteiger partial charge in [0.1, 0.15) is 12.1 Å². The average molecular weight is 427 g/mol. The summed E-state index contributed by atoms with van der Waals surface area (Å²) in [6.07, 6.45) is 3.81. The van der Waals surface area contributed by atoms with Gasteiger partial charge in [-0.1, -0.05) is 42.1 Å². The summed E-state index contributed by atoms with van der Waals surface area (Å²) in [6, 6.07) is 3.22. The van der Waals surface area contributed by atoms with Crippen LogP contribution in [0, 0.1) is 0 Å². The van der Waals surface area contributed by atoms with Crippen molar-refractivity contribution in [2.75, 3.05) is 6.54 Å². The molecule has 1 heterocycles. The largest absolute Gasteiger partial charge is 0.335 e. The van der Waals surface area contributed by atoms with Crippen molar-refractivity contribution in [2.45, 2.75) is 44.2 Å². The van der Waals surface area contributed by atoms with Crippen LogP contribution in [0.15, 0.2) is 18.2 Å². The summed E-state index contributed by atoms with van der Waals surface area (Å²) in [7, 11) is 0. The van der Waals surface area contributed by atoms with Gasteiger partial charge in [0.25, 0.3) is 5.91 Å². The van der Waals surface area contributed by atoms with E-state index in [-0.39, 0.29) is 11.1 Å². The van der Waals surface area contributed by atoms with Gasteiger partial charge in [-0.25, -0.2) is 9.59 Å². The van der Waals surface area contributed by atoms with Gasteiger partial charge in [0, 0.05) is 21.7 Å². The maximum atomic E-state index is 12.8. The van der Waals surface area contributed by atoms with E-state index >= 15 is 0 Å². The summed E-state index contributed by atoms with van der Waals surface area (Å²) in [5, 5.41) is 8.02. The van der Waals surface area contributed by atoms with Crippen LogP contribution in [-0.2, 0) is 15.1 Å². The van der Waals surface area contributed by atoms with Gasteiger partial charge in [0.2, 0.25) is 5.91 Å². The molecule has 1 aromatic rings. The van der Waals surface area contributed by atoms with Crippen molar-refractivity contribution in [3.63, 3.8) is 0 Å². The third-order valence-electron chi connectivity index (χ3n) is 4.99. The predicted molar refractivity (Wildman–Crippen MR) is 103 cm³/mol. The molecule has 1 saturated carbocycles. The Morgan fingerprint density at radius 2 is 1.93 bits per heavy atom. The van der Waals surface area contributed by atoms with Crippen LogP contribution in [0.5, 0.6) is 0 Å². The lowest BCUT2D eigenvalue weighted by Crippen LogP contribution is -2.48. The van der Waals surface area contributed by atoms with Crippen molar-refractivity contribution < 1.29 is 19.2 Å². The second-order valence-corrected chi connectivity index (χ2v) is 7.92. The molecule has 2 fully saturated rings. The maximum absolute atomic E-state index is 12.8. The van der Waals surface area contributed by atoms with Crippen LogP contribution in [0.1, 0.15) is 38.2 Å². The zero-order valence-corrected chi connectivity index (χ0v) is 16.7. The molecule has 6 amide bonds. The van der Waals surface area contributed by atoms with Gasteiger partial charge in [-0.15, -0.1) is 0 Å². The van der Waals surface area contributed by atoms with E-state index in [0.29, 0.717) is 10.6 Å². The molecule has 0 radical (unpaired) electrons. The fraction of sp³-hybridized carbons (Fsp3) is 0.444. The number of nitrogens with one attached hydrogen (secondary N) is 3. The average Bonchev–Trinajstić information content (AvgIpc) is 3.17. The molecule has 0 aromatic heterocycles. The van der Waals surface area contributed by atoms with E-state index in [1.165, 1.54) is 13.0 Å². The lowest BCUT2D eigenvalue weighted by molar-refractivity contribution is -0.134. The molecule has 10 heteroatoms. The molecule has 3 N–H and O–H groups in total. The second-order valence-electron chi connectivity index (χ2n) is 7.07. The number of amides is 6. The molecule has 1 saturated heterocycles. The Morgan fingerprint density at radius 1 is 1.25 bits per heavy atom. The zero-order valence-electron chi connectivity index (χ0n) is 15.2. The first kappa shape index (κ1) is 20.4. The highest BCUT2D eigenvalue weighted by molar-refractivity contribution is 6.35. The third kappa shape index (κ3) is 4.07. The van der Waals surface area contributed by atoms with Gasteiger partial charge in [-0.2, -0.15) is 0 Å². The number of halogens is 2. The molecule has 0 bridgehead atoms. The number of imide groups is 2. The fourth-order valence-electron chi connectivity index (χ4n) is 3.52. The Morgan fingerprint density at radius 3 is 2.57 bits per heavy atom. The number of benzene rings is 1. The highest BCUT2D eigenvalue weighted by Crippen LogP contribution is 2.34. The van der Waals surface area contributed by atoms with Crippen LogP contribution in [-0.4, -0.2) is 41.4 Å². The van der Waals surface area contributed by atoms with E-state index in [1.807, 2.05) is 0 Å². The van der Waals surface area contributed by atoms with Crippen molar-refractivity contribution in [3.8, 4) is 0 Å². The van der Waals surface area contributed by atoms with E-state index in [4.69, 9.17) is 23.2 Å². The Labute approximate surface area is 171 Å². The van der Waals surface area contributed by atoms with Crippen molar-refractivity contribution in [2.24, 2.45) is 0 Å². The number of hydrogen-bond donors (Lipinski definition) is 3. The van der Waals surface area contributed by atoms with Gasteiger partial charge >= 0.3 is 12.1 Å². The summed E-state index contributed by atoms with van der Waals surface area (Å²) in [5.41, 5.74) is -1.08. The smallest absolute Gasteiger partial charge is 0.325 e. The fourth-order valence-corrected chi connectivity index (χ4v) is 4.12. The normalized spacial score (nSPS) is 22.3. The first-order valence-electron chi connectivity index (χ1n) is 8.90. The molecule has 28 heavy (non-hydrogen) atoms. The summed E-state index contributed by atoms with van der Waals surface area (Å²) >= 11 is 12.1.